The van der Waals surface area contributed by atoms with Crippen LogP contribution in [-0.4, -0.2) is 24.2 Å². The number of aromatic nitrogens is 4. The first-order valence-electron chi connectivity index (χ1n) is 3.90. The molecular formula is C7H8N4O3. The first kappa shape index (κ1) is 8.70. The van der Waals surface area contributed by atoms with Gasteiger partial charge in [0.15, 0.2) is 11.2 Å². The van der Waals surface area contributed by atoms with Crippen LogP contribution in [-0.2, 0) is 13.8 Å². The molecule has 0 fully saturated rings. The average Bonchev–Trinajstić information content (AvgIpc) is 2.49. The zero-order valence-electron chi connectivity index (χ0n) is 7.39. The number of nitrogens with zero attached hydrogens (tertiary/aromatic N) is 3. The van der Waals surface area contributed by atoms with E-state index in [-0.39, 0.29) is 11.2 Å². The van der Waals surface area contributed by atoms with E-state index in [4.69, 9.17) is 5.11 Å². The highest BCUT2D eigenvalue weighted by Crippen LogP contribution is 2.02. The third kappa shape index (κ3) is 0.990. The number of hydrogen-bond donors (Lipinski definition) is 2. The molecule has 0 atom stereocenters. The zero-order valence-corrected chi connectivity index (χ0v) is 7.39. The molecule has 0 aromatic carbocycles. The molecule has 7 heteroatoms. The molecule has 0 unspecified atom stereocenters. The molecule has 0 saturated carbocycles. The summed E-state index contributed by atoms with van der Waals surface area (Å²) >= 11 is 0. The van der Waals surface area contributed by atoms with E-state index in [0.29, 0.717) is 0 Å². The molecule has 2 aromatic rings. The van der Waals surface area contributed by atoms with Crippen LogP contribution in [0.15, 0.2) is 15.9 Å². The van der Waals surface area contributed by atoms with Gasteiger partial charge >= 0.3 is 5.69 Å². The Morgan fingerprint density at radius 2 is 2.29 bits per heavy atom. The number of rotatable bonds is 1. The molecular weight excluding hydrogens is 188 g/mol. The molecule has 2 aromatic heterocycles. The van der Waals surface area contributed by atoms with Crippen LogP contribution >= 0.6 is 0 Å². The Balaban J connectivity index is 3.08. The Hall–Kier alpha value is -1.89. The number of hydrogen-bond acceptors (Lipinski definition) is 4. The summed E-state index contributed by atoms with van der Waals surface area (Å²) in [5.41, 5.74) is -0.721. The van der Waals surface area contributed by atoms with Gasteiger partial charge in [0.1, 0.15) is 6.73 Å². The summed E-state index contributed by atoms with van der Waals surface area (Å²) < 4.78 is 2.47. The number of aromatic amines is 1. The Kier molecular flexibility index (Phi) is 1.74. The molecule has 74 valence electrons. The van der Waals surface area contributed by atoms with Crippen LogP contribution in [0.3, 0.4) is 0 Å². The van der Waals surface area contributed by atoms with Crippen LogP contribution in [0.5, 0.6) is 0 Å². The standard InChI is InChI=1S/C7H8N4O3/c1-10-2-8-5-4(10)6(13)9-7(14)11(5)3-12/h2,12H,3H2,1H3,(H,9,13,14). The van der Waals surface area contributed by atoms with Gasteiger partial charge in [0, 0.05) is 7.05 Å². The van der Waals surface area contributed by atoms with Crippen molar-refractivity contribution in [2.45, 2.75) is 6.73 Å². The second kappa shape index (κ2) is 2.81. The number of aryl methyl sites for hydroxylation is 1. The molecule has 14 heavy (non-hydrogen) atoms. The summed E-state index contributed by atoms with van der Waals surface area (Å²) in [5, 5.41) is 8.91. The van der Waals surface area contributed by atoms with E-state index in [1.165, 1.54) is 10.9 Å². The fourth-order valence-corrected chi connectivity index (χ4v) is 1.33. The van der Waals surface area contributed by atoms with Gasteiger partial charge in [0.2, 0.25) is 0 Å². The lowest BCUT2D eigenvalue weighted by molar-refractivity contribution is 0.208. The first-order valence-corrected chi connectivity index (χ1v) is 3.90. The third-order valence-electron chi connectivity index (χ3n) is 2.00. The summed E-state index contributed by atoms with van der Waals surface area (Å²) in [4.78, 5) is 28.5. The van der Waals surface area contributed by atoms with Gasteiger partial charge in [-0.2, -0.15) is 0 Å². The number of aliphatic hydroxyl groups is 1. The summed E-state index contributed by atoms with van der Waals surface area (Å²) in [6.07, 6.45) is 1.41. The third-order valence-corrected chi connectivity index (χ3v) is 2.00. The lowest BCUT2D eigenvalue weighted by Gasteiger charge is -2.00. The highest BCUT2D eigenvalue weighted by Gasteiger charge is 2.10. The van der Waals surface area contributed by atoms with Crippen LogP contribution in [0, 0.1) is 0 Å². The predicted molar refractivity (Wildman–Crippen MR) is 47.8 cm³/mol. The molecule has 0 aliphatic heterocycles. The second-order valence-corrected chi connectivity index (χ2v) is 2.86. The van der Waals surface area contributed by atoms with Crippen molar-refractivity contribution in [1.29, 1.82) is 0 Å². The van der Waals surface area contributed by atoms with E-state index in [1.54, 1.807) is 7.05 Å². The fourth-order valence-electron chi connectivity index (χ4n) is 1.33. The van der Waals surface area contributed by atoms with Gasteiger partial charge in [-0.25, -0.2) is 9.78 Å². The van der Waals surface area contributed by atoms with Crippen molar-refractivity contribution >= 4 is 11.2 Å². The number of H-pyrrole nitrogens is 1. The fraction of sp³-hybridized carbons (Fsp3) is 0.286. The summed E-state index contributed by atoms with van der Waals surface area (Å²) in [6, 6.07) is 0. The molecule has 2 heterocycles. The topological polar surface area (TPSA) is 92.9 Å². The molecule has 0 radical (unpaired) electrons. The second-order valence-electron chi connectivity index (χ2n) is 2.86. The minimum atomic E-state index is -0.663. The van der Waals surface area contributed by atoms with Crippen molar-refractivity contribution in [3.8, 4) is 0 Å². The van der Waals surface area contributed by atoms with Crippen LogP contribution in [0.2, 0.25) is 0 Å². The number of aliphatic hydroxyl groups excluding tert-OH is 1. The molecule has 0 aliphatic rings. The van der Waals surface area contributed by atoms with Crippen molar-refractivity contribution in [2.75, 3.05) is 0 Å². The van der Waals surface area contributed by atoms with Crippen molar-refractivity contribution in [3.05, 3.63) is 27.2 Å². The zero-order chi connectivity index (χ0) is 10.3. The number of nitrogens with one attached hydrogen (secondary N) is 1. The molecule has 7 nitrogen and oxygen atoms in total. The van der Waals surface area contributed by atoms with Crippen LogP contribution in [0.4, 0.5) is 0 Å². The van der Waals surface area contributed by atoms with Gasteiger partial charge in [-0.3, -0.25) is 14.3 Å². The van der Waals surface area contributed by atoms with Crippen molar-refractivity contribution < 1.29 is 5.11 Å². The number of fused-ring (bicyclic) bond motifs is 1. The normalized spacial score (nSPS) is 11.0. The van der Waals surface area contributed by atoms with E-state index in [2.05, 4.69) is 9.97 Å². The first-order chi connectivity index (χ1) is 6.65. The van der Waals surface area contributed by atoms with Gasteiger partial charge in [0.05, 0.1) is 6.33 Å². The molecule has 2 rings (SSSR count). The molecule has 2 N–H and O–H groups in total. The van der Waals surface area contributed by atoms with Crippen molar-refractivity contribution in [2.24, 2.45) is 7.05 Å². The van der Waals surface area contributed by atoms with E-state index in [1.807, 2.05) is 0 Å². The summed E-state index contributed by atoms with van der Waals surface area (Å²) in [5.74, 6) is 0. The molecule has 0 aliphatic carbocycles. The van der Waals surface area contributed by atoms with Gasteiger partial charge < -0.3 is 9.67 Å². The van der Waals surface area contributed by atoms with Gasteiger partial charge in [-0.15, -0.1) is 0 Å². The molecule has 0 saturated heterocycles. The largest absolute Gasteiger partial charge is 0.376 e. The summed E-state index contributed by atoms with van der Waals surface area (Å²) in [7, 11) is 1.64. The lowest BCUT2D eigenvalue weighted by Crippen LogP contribution is -2.30. The number of imidazole rings is 1. The van der Waals surface area contributed by atoms with Gasteiger partial charge in [-0.05, 0) is 0 Å². The molecule has 0 bridgehead atoms. The predicted octanol–water partition coefficient (Wildman–Crippen LogP) is -1.63. The smallest absolute Gasteiger partial charge is 0.332 e. The minimum absolute atomic E-state index is 0.184. The van der Waals surface area contributed by atoms with Gasteiger partial charge in [-0.1, -0.05) is 0 Å². The van der Waals surface area contributed by atoms with Crippen molar-refractivity contribution in [1.82, 2.24) is 19.1 Å². The van der Waals surface area contributed by atoms with E-state index < -0.39 is 18.0 Å². The molecule has 0 amide bonds. The Bertz CT molecular complexity index is 591. The van der Waals surface area contributed by atoms with E-state index in [0.717, 1.165) is 4.57 Å². The monoisotopic (exact) mass is 196 g/mol. The SMILES string of the molecule is Cn1cnc2c1c(=O)[nH]c(=O)n2CO. The van der Waals surface area contributed by atoms with E-state index >= 15 is 0 Å². The highest BCUT2D eigenvalue weighted by molar-refractivity contribution is 5.69. The maximum Gasteiger partial charge on any atom is 0.332 e. The maximum absolute atomic E-state index is 11.3. The highest BCUT2D eigenvalue weighted by atomic mass is 16.3. The Labute approximate surface area is 77.2 Å². The van der Waals surface area contributed by atoms with Crippen LogP contribution in [0.25, 0.3) is 11.2 Å². The average molecular weight is 196 g/mol. The maximum atomic E-state index is 11.3. The molecule has 0 spiro atoms. The van der Waals surface area contributed by atoms with E-state index in [9.17, 15) is 9.59 Å². The Morgan fingerprint density at radius 1 is 1.57 bits per heavy atom. The summed E-state index contributed by atoms with van der Waals surface area (Å²) in [6.45, 7) is -0.511. The van der Waals surface area contributed by atoms with Crippen molar-refractivity contribution in [3.63, 3.8) is 0 Å². The lowest BCUT2D eigenvalue weighted by atomic mass is 10.5. The van der Waals surface area contributed by atoms with Crippen LogP contribution < -0.4 is 11.2 Å². The quantitative estimate of drug-likeness (QED) is 0.572. The van der Waals surface area contributed by atoms with Crippen LogP contribution in [0.1, 0.15) is 0 Å². The minimum Gasteiger partial charge on any atom is -0.376 e. The Morgan fingerprint density at radius 3 is 2.93 bits per heavy atom. The van der Waals surface area contributed by atoms with Gasteiger partial charge in [0.25, 0.3) is 5.56 Å².